The molecule has 1 aromatic carbocycles. The summed E-state index contributed by atoms with van der Waals surface area (Å²) < 4.78 is 5.51. The van der Waals surface area contributed by atoms with Gasteiger partial charge in [-0.05, 0) is 31.7 Å². The van der Waals surface area contributed by atoms with Gasteiger partial charge in [0, 0.05) is 13.7 Å². The second-order valence-corrected chi connectivity index (χ2v) is 5.51. The molecule has 1 aliphatic heterocycles. The highest BCUT2D eigenvalue weighted by molar-refractivity contribution is 5.81. The molecule has 20 heavy (non-hydrogen) atoms. The van der Waals surface area contributed by atoms with Crippen LogP contribution in [0, 0.1) is 0 Å². The van der Waals surface area contributed by atoms with Crippen molar-refractivity contribution in [2.24, 2.45) is 5.73 Å². The zero-order valence-electron chi connectivity index (χ0n) is 12.3. The molecule has 0 saturated carbocycles. The molecular weight excluding hydrogens is 252 g/mol. The van der Waals surface area contributed by atoms with E-state index in [-0.39, 0.29) is 18.1 Å². The van der Waals surface area contributed by atoms with Crippen molar-refractivity contribution >= 4 is 5.91 Å². The number of ether oxygens (including phenoxy) is 1. The van der Waals surface area contributed by atoms with Gasteiger partial charge in [-0.2, -0.15) is 0 Å². The van der Waals surface area contributed by atoms with Crippen LogP contribution in [-0.2, 0) is 16.0 Å². The molecule has 110 valence electrons. The van der Waals surface area contributed by atoms with Gasteiger partial charge in [0.2, 0.25) is 5.91 Å². The van der Waals surface area contributed by atoms with E-state index in [0.29, 0.717) is 6.42 Å². The molecule has 4 nitrogen and oxygen atoms in total. The number of benzene rings is 1. The summed E-state index contributed by atoms with van der Waals surface area (Å²) >= 11 is 0. The van der Waals surface area contributed by atoms with Crippen LogP contribution in [0.2, 0.25) is 0 Å². The fourth-order valence-electron chi connectivity index (χ4n) is 2.74. The van der Waals surface area contributed by atoms with Crippen molar-refractivity contribution < 1.29 is 9.53 Å². The second-order valence-electron chi connectivity index (χ2n) is 5.51. The molecule has 1 heterocycles. The lowest BCUT2D eigenvalue weighted by Gasteiger charge is -2.29. The van der Waals surface area contributed by atoms with Gasteiger partial charge >= 0.3 is 0 Å². The normalized spacial score (nSPS) is 23.6. The van der Waals surface area contributed by atoms with Crippen LogP contribution < -0.4 is 5.73 Å². The molecule has 0 aromatic heterocycles. The summed E-state index contributed by atoms with van der Waals surface area (Å²) in [6, 6.07) is 9.85. The number of carbonyl (C=O) groups excluding carboxylic acids is 1. The molecule has 0 aliphatic carbocycles. The molecule has 1 aliphatic rings. The first-order valence-electron chi connectivity index (χ1n) is 7.27. The summed E-state index contributed by atoms with van der Waals surface area (Å²) in [4.78, 5) is 14.1. The number of nitrogens with zero attached hydrogens (tertiary/aromatic N) is 1. The number of hydrogen-bond donors (Lipinski definition) is 1. The number of aryl methyl sites for hydroxylation is 1. The Labute approximate surface area is 120 Å². The minimum Gasteiger partial charge on any atom is -0.376 e. The standard InChI is InChI=1S/C16H24N2O2/c1-12-15(10-11-20-12)18(2)16(19)14(17)9-8-13-6-4-3-5-7-13/h3-7,12,14-15H,8-11,17H2,1-2H3. The number of nitrogens with two attached hydrogens (primary N) is 1. The Morgan fingerprint density at radius 1 is 1.45 bits per heavy atom. The van der Waals surface area contributed by atoms with E-state index in [2.05, 4.69) is 12.1 Å². The minimum atomic E-state index is -0.437. The minimum absolute atomic E-state index is 0.0169. The van der Waals surface area contributed by atoms with Crippen LogP contribution in [0.15, 0.2) is 30.3 Å². The highest BCUT2D eigenvalue weighted by atomic mass is 16.5. The maximum absolute atomic E-state index is 12.3. The van der Waals surface area contributed by atoms with E-state index in [1.165, 1.54) is 5.56 Å². The van der Waals surface area contributed by atoms with Crippen molar-refractivity contribution in [1.82, 2.24) is 4.90 Å². The third-order valence-electron chi connectivity index (χ3n) is 4.09. The third kappa shape index (κ3) is 3.58. The van der Waals surface area contributed by atoms with Crippen molar-refractivity contribution in [2.75, 3.05) is 13.7 Å². The van der Waals surface area contributed by atoms with Crippen molar-refractivity contribution in [1.29, 1.82) is 0 Å². The molecule has 2 rings (SSSR count). The van der Waals surface area contributed by atoms with Crippen molar-refractivity contribution in [3.63, 3.8) is 0 Å². The Hall–Kier alpha value is -1.39. The van der Waals surface area contributed by atoms with E-state index < -0.39 is 6.04 Å². The fraction of sp³-hybridized carbons (Fsp3) is 0.562. The molecule has 1 aromatic rings. The van der Waals surface area contributed by atoms with E-state index in [9.17, 15) is 4.79 Å². The summed E-state index contributed by atoms with van der Waals surface area (Å²) in [5, 5.41) is 0. The van der Waals surface area contributed by atoms with Crippen molar-refractivity contribution in [3.05, 3.63) is 35.9 Å². The topological polar surface area (TPSA) is 55.6 Å². The van der Waals surface area contributed by atoms with Gasteiger partial charge in [0.25, 0.3) is 0 Å². The van der Waals surface area contributed by atoms with Gasteiger partial charge in [0.15, 0.2) is 0 Å². The molecule has 4 heteroatoms. The lowest BCUT2D eigenvalue weighted by molar-refractivity contribution is -0.134. The molecule has 1 saturated heterocycles. The lowest BCUT2D eigenvalue weighted by Crippen LogP contribution is -2.48. The third-order valence-corrected chi connectivity index (χ3v) is 4.09. The van der Waals surface area contributed by atoms with E-state index in [1.54, 1.807) is 4.90 Å². The highest BCUT2D eigenvalue weighted by Gasteiger charge is 2.32. The Morgan fingerprint density at radius 2 is 2.15 bits per heavy atom. The van der Waals surface area contributed by atoms with Gasteiger partial charge < -0.3 is 15.4 Å². The van der Waals surface area contributed by atoms with Crippen molar-refractivity contribution in [3.8, 4) is 0 Å². The van der Waals surface area contributed by atoms with Gasteiger partial charge in [-0.3, -0.25) is 4.79 Å². The van der Waals surface area contributed by atoms with Gasteiger partial charge in [-0.25, -0.2) is 0 Å². The summed E-state index contributed by atoms with van der Waals surface area (Å²) in [5.41, 5.74) is 7.27. The molecule has 3 unspecified atom stereocenters. The molecule has 3 atom stereocenters. The van der Waals surface area contributed by atoms with E-state index in [0.717, 1.165) is 19.4 Å². The number of amides is 1. The molecule has 2 N–H and O–H groups in total. The summed E-state index contributed by atoms with van der Waals surface area (Å²) in [5.74, 6) is 0.0169. The summed E-state index contributed by atoms with van der Waals surface area (Å²) in [7, 11) is 1.83. The predicted molar refractivity (Wildman–Crippen MR) is 79.3 cm³/mol. The molecular formula is C16H24N2O2. The Bertz CT molecular complexity index is 435. The first-order chi connectivity index (χ1) is 9.59. The van der Waals surface area contributed by atoms with Crippen LogP contribution in [0.3, 0.4) is 0 Å². The Morgan fingerprint density at radius 3 is 2.75 bits per heavy atom. The highest BCUT2D eigenvalue weighted by Crippen LogP contribution is 2.19. The van der Waals surface area contributed by atoms with Crippen LogP contribution in [0.1, 0.15) is 25.3 Å². The largest absolute Gasteiger partial charge is 0.376 e. The molecule has 0 spiro atoms. The monoisotopic (exact) mass is 276 g/mol. The lowest BCUT2D eigenvalue weighted by atomic mass is 10.0. The molecule has 1 amide bonds. The van der Waals surface area contributed by atoms with Crippen LogP contribution in [0.4, 0.5) is 0 Å². The van der Waals surface area contributed by atoms with Gasteiger partial charge in [0.05, 0.1) is 18.2 Å². The summed E-state index contributed by atoms with van der Waals surface area (Å²) in [6.07, 6.45) is 2.51. The first kappa shape index (κ1) is 15.0. The number of rotatable bonds is 5. The maximum atomic E-state index is 12.3. The smallest absolute Gasteiger partial charge is 0.239 e. The average molecular weight is 276 g/mol. The number of carbonyl (C=O) groups is 1. The second kappa shape index (κ2) is 6.86. The van der Waals surface area contributed by atoms with Gasteiger partial charge in [-0.1, -0.05) is 30.3 Å². The van der Waals surface area contributed by atoms with E-state index >= 15 is 0 Å². The van der Waals surface area contributed by atoms with E-state index in [4.69, 9.17) is 10.5 Å². The zero-order valence-corrected chi connectivity index (χ0v) is 12.3. The zero-order chi connectivity index (χ0) is 14.5. The Balaban J connectivity index is 1.85. The predicted octanol–water partition coefficient (Wildman–Crippen LogP) is 1.58. The molecule has 1 fully saturated rings. The number of likely N-dealkylation sites (N-methyl/N-ethyl adjacent to an activating group) is 1. The van der Waals surface area contributed by atoms with Gasteiger partial charge in [-0.15, -0.1) is 0 Å². The van der Waals surface area contributed by atoms with Crippen LogP contribution >= 0.6 is 0 Å². The fourth-order valence-corrected chi connectivity index (χ4v) is 2.74. The first-order valence-corrected chi connectivity index (χ1v) is 7.27. The van der Waals surface area contributed by atoms with Crippen LogP contribution in [0.5, 0.6) is 0 Å². The molecule has 0 bridgehead atoms. The summed E-state index contributed by atoms with van der Waals surface area (Å²) in [6.45, 7) is 2.74. The van der Waals surface area contributed by atoms with Gasteiger partial charge in [0.1, 0.15) is 0 Å². The van der Waals surface area contributed by atoms with Crippen molar-refractivity contribution in [2.45, 2.75) is 44.4 Å². The van der Waals surface area contributed by atoms with Crippen LogP contribution in [0.25, 0.3) is 0 Å². The Kier molecular flexibility index (Phi) is 5.15. The quantitative estimate of drug-likeness (QED) is 0.888. The average Bonchev–Trinajstić information content (AvgIpc) is 2.90. The van der Waals surface area contributed by atoms with Crippen LogP contribution in [-0.4, -0.2) is 42.6 Å². The molecule has 0 radical (unpaired) electrons. The number of hydrogen-bond acceptors (Lipinski definition) is 3. The maximum Gasteiger partial charge on any atom is 0.239 e. The SMILES string of the molecule is CC1OCCC1N(C)C(=O)C(N)CCc1ccccc1. The van der Waals surface area contributed by atoms with E-state index in [1.807, 2.05) is 32.2 Å².